The molecule has 0 spiro atoms. The van der Waals surface area contributed by atoms with Gasteiger partial charge in [0, 0.05) is 26.2 Å². The van der Waals surface area contributed by atoms with Crippen LogP contribution in [0.5, 0.6) is 5.75 Å². The second kappa shape index (κ2) is 9.15. The number of benzene rings is 2. The smallest absolute Gasteiger partial charge is 0.173 e. The van der Waals surface area contributed by atoms with Crippen LogP contribution in [-0.4, -0.2) is 69.8 Å². The maximum atomic E-state index is 5.35. The van der Waals surface area contributed by atoms with Crippen molar-refractivity contribution in [3.05, 3.63) is 71.5 Å². The number of ether oxygens (including phenoxy) is 1. The first-order valence-corrected chi connectivity index (χ1v) is 10.2. The van der Waals surface area contributed by atoms with Crippen molar-refractivity contribution in [1.29, 1.82) is 0 Å². The molecule has 0 unspecified atom stereocenters. The fraction of sp³-hybridized carbons (Fsp3) is 0.409. The molecule has 1 aromatic heterocycles. The Balaban J connectivity index is 1.66. The number of hydrogen-bond acceptors (Lipinski definition) is 6. The average Bonchev–Trinajstić information content (AvgIpc) is 3.23. The normalized spacial score (nSPS) is 16.6. The quantitative estimate of drug-likeness (QED) is 0.616. The fourth-order valence-corrected chi connectivity index (χ4v) is 3.92. The largest absolute Gasteiger partial charge is 0.497 e. The fourth-order valence-electron chi connectivity index (χ4n) is 3.92. The summed E-state index contributed by atoms with van der Waals surface area (Å²) in [6.45, 7) is 8.06. The lowest BCUT2D eigenvalue weighted by Crippen LogP contribution is -2.48. The first-order chi connectivity index (χ1) is 14.3. The zero-order chi connectivity index (χ0) is 20.1. The summed E-state index contributed by atoms with van der Waals surface area (Å²) in [6.07, 6.45) is 0. The molecule has 7 nitrogen and oxygen atoms in total. The van der Waals surface area contributed by atoms with Crippen molar-refractivity contribution >= 4 is 0 Å². The minimum Gasteiger partial charge on any atom is -0.497 e. The number of likely N-dealkylation sites (N-methyl/N-ethyl adjacent to an activating group) is 1. The molecule has 1 aliphatic rings. The molecule has 1 atom stereocenters. The van der Waals surface area contributed by atoms with Crippen LogP contribution < -0.4 is 4.74 Å². The molecular formula is C22H28N6O. The molecule has 4 rings (SSSR count). The van der Waals surface area contributed by atoms with E-state index in [9.17, 15) is 0 Å². The highest BCUT2D eigenvalue weighted by molar-refractivity contribution is 5.32. The Morgan fingerprint density at radius 3 is 2.34 bits per heavy atom. The van der Waals surface area contributed by atoms with Crippen molar-refractivity contribution in [2.24, 2.45) is 0 Å². The lowest BCUT2D eigenvalue weighted by Gasteiger charge is -2.38. The summed E-state index contributed by atoms with van der Waals surface area (Å²) in [5, 5.41) is 12.8. The highest BCUT2D eigenvalue weighted by atomic mass is 16.5. The van der Waals surface area contributed by atoms with Crippen molar-refractivity contribution in [1.82, 2.24) is 30.0 Å². The Hall–Kier alpha value is -2.77. The third-order valence-electron chi connectivity index (χ3n) is 5.63. The lowest BCUT2D eigenvalue weighted by molar-refractivity contribution is 0.108. The van der Waals surface area contributed by atoms with E-state index >= 15 is 0 Å². The van der Waals surface area contributed by atoms with Crippen LogP contribution in [0.1, 0.15) is 29.9 Å². The molecule has 1 aliphatic heterocycles. The van der Waals surface area contributed by atoms with Crippen LogP contribution in [0.3, 0.4) is 0 Å². The summed E-state index contributed by atoms with van der Waals surface area (Å²) in [7, 11) is 1.69. The van der Waals surface area contributed by atoms with Gasteiger partial charge in [-0.1, -0.05) is 49.4 Å². The van der Waals surface area contributed by atoms with Crippen LogP contribution >= 0.6 is 0 Å². The van der Waals surface area contributed by atoms with Gasteiger partial charge in [-0.05, 0) is 40.2 Å². The third kappa shape index (κ3) is 4.46. The molecule has 0 N–H and O–H groups in total. The van der Waals surface area contributed by atoms with Gasteiger partial charge in [-0.15, -0.1) is 5.10 Å². The topological polar surface area (TPSA) is 59.3 Å². The zero-order valence-electron chi connectivity index (χ0n) is 17.1. The number of methoxy groups -OCH3 is 1. The molecule has 7 heteroatoms. The van der Waals surface area contributed by atoms with Gasteiger partial charge in [0.25, 0.3) is 0 Å². The highest BCUT2D eigenvalue weighted by Gasteiger charge is 2.30. The number of aromatic nitrogens is 4. The summed E-state index contributed by atoms with van der Waals surface area (Å²) >= 11 is 0. The molecule has 2 heterocycles. The van der Waals surface area contributed by atoms with Crippen LogP contribution in [0.15, 0.2) is 54.6 Å². The van der Waals surface area contributed by atoms with Gasteiger partial charge < -0.3 is 9.64 Å². The van der Waals surface area contributed by atoms with E-state index in [1.165, 1.54) is 11.1 Å². The standard InChI is InChI=1S/C22H28N6O/c1-3-26-13-15-27(16-14-26)21(19-9-11-20(29-2)12-10-19)22-23-24-25-28(22)17-18-7-5-4-6-8-18/h4-12,21H,3,13-17H2,1-2H3/t21-/m0/s1. The zero-order valence-corrected chi connectivity index (χ0v) is 17.1. The molecule has 0 aliphatic carbocycles. The van der Waals surface area contributed by atoms with E-state index in [1.807, 2.05) is 35.0 Å². The Bertz CT molecular complexity index is 887. The number of nitrogens with zero attached hydrogens (tertiary/aromatic N) is 6. The molecule has 1 saturated heterocycles. The van der Waals surface area contributed by atoms with Crippen molar-refractivity contribution in [3.63, 3.8) is 0 Å². The monoisotopic (exact) mass is 392 g/mol. The molecule has 1 fully saturated rings. The molecule has 0 amide bonds. The van der Waals surface area contributed by atoms with E-state index in [1.54, 1.807) is 7.11 Å². The van der Waals surface area contributed by atoms with Gasteiger partial charge in [0.15, 0.2) is 5.82 Å². The van der Waals surface area contributed by atoms with Gasteiger partial charge in [0.1, 0.15) is 5.75 Å². The van der Waals surface area contributed by atoms with E-state index in [0.717, 1.165) is 44.3 Å². The summed E-state index contributed by atoms with van der Waals surface area (Å²) < 4.78 is 7.28. The molecule has 29 heavy (non-hydrogen) atoms. The van der Waals surface area contributed by atoms with Crippen molar-refractivity contribution < 1.29 is 4.74 Å². The molecule has 0 bridgehead atoms. The van der Waals surface area contributed by atoms with Gasteiger partial charge in [0.05, 0.1) is 19.7 Å². The predicted molar refractivity (Wildman–Crippen MR) is 112 cm³/mol. The lowest BCUT2D eigenvalue weighted by atomic mass is 10.0. The number of rotatable bonds is 7. The highest BCUT2D eigenvalue weighted by Crippen LogP contribution is 2.29. The molecule has 152 valence electrons. The SMILES string of the molecule is CCN1CCN([C@@H](c2ccc(OC)cc2)c2nnnn2Cc2ccccc2)CC1. The maximum Gasteiger partial charge on any atom is 0.173 e. The van der Waals surface area contributed by atoms with E-state index < -0.39 is 0 Å². The molecular weight excluding hydrogens is 364 g/mol. The minimum absolute atomic E-state index is 0.0126. The first kappa shape index (κ1) is 19.5. The van der Waals surface area contributed by atoms with Gasteiger partial charge >= 0.3 is 0 Å². The van der Waals surface area contributed by atoms with Crippen LogP contribution in [0, 0.1) is 0 Å². The third-order valence-corrected chi connectivity index (χ3v) is 5.63. The molecule has 0 saturated carbocycles. The summed E-state index contributed by atoms with van der Waals surface area (Å²) in [5.41, 5.74) is 2.37. The van der Waals surface area contributed by atoms with Gasteiger partial charge in [-0.25, -0.2) is 4.68 Å². The van der Waals surface area contributed by atoms with E-state index in [-0.39, 0.29) is 6.04 Å². The van der Waals surface area contributed by atoms with Crippen molar-refractivity contribution in [3.8, 4) is 5.75 Å². The number of piperazine rings is 1. The van der Waals surface area contributed by atoms with Crippen LogP contribution in [0.4, 0.5) is 0 Å². The molecule has 2 aromatic carbocycles. The van der Waals surface area contributed by atoms with Gasteiger partial charge in [-0.3, -0.25) is 4.90 Å². The van der Waals surface area contributed by atoms with Crippen molar-refractivity contribution in [2.75, 3.05) is 39.8 Å². The Kier molecular flexibility index (Phi) is 6.17. The average molecular weight is 393 g/mol. The Labute approximate surface area is 171 Å². The molecule has 0 radical (unpaired) electrons. The second-order valence-corrected chi connectivity index (χ2v) is 7.33. The van der Waals surface area contributed by atoms with E-state index in [0.29, 0.717) is 6.54 Å². The summed E-state index contributed by atoms with van der Waals surface area (Å²) in [4.78, 5) is 4.97. The number of hydrogen-bond donors (Lipinski definition) is 0. The second-order valence-electron chi connectivity index (χ2n) is 7.33. The van der Waals surface area contributed by atoms with Crippen molar-refractivity contribution in [2.45, 2.75) is 19.5 Å². The Morgan fingerprint density at radius 1 is 0.966 bits per heavy atom. The summed E-state index contributed by atoms with van der Waals surface area (Å²) in [6, 6.07) is 18.6. The van der Waals surface area contributed by atoms with E-state index in [2.05, 4.69) is 56.5 Å². The first-order valence-electron chi connectivity index (χ1n) is 10.2. The Morgan fingerprint density at radius 2 is 1.69 bits per heavy atom. The summed E-state index contributed by atoms with van der Waals surface area (Å²) in [5.74, 6) is 1.73. The van der Waals surface area contributed by atoms with Crippen LogP contribution in [0.25, 0.3) is 0 Å². The minimum atomic E-state index is 0.0126. The van der Waals surface area contributed by atoms with Gasteiger partial charge in [-0.2, -0.15) is 0 Å². The van der Waals surface area contributed by atoms with Crippen LogP contribution in [0.2, 0.25) is 0 Å². The predicted octanol–water partition coefficient (Wildman–Crippen LogP) is 2.46. The van der Waals surface area contributed by atoms with Gasteiger partial charge in [0.2, 0.25) is 0 Å². The number of tetrazole rings is 1. The van der Waals surface area contributed by atoms with E-state index in [4.69, 9.17) is 4.74 Å². The van der Waals surface area contributed by atoms with Crippen LogP contribution in [-0.2, 0) is 6.54 Å². The molecule has 3 aromatic rings. The maximum absolute atomic E-state index is 5.35.